The predicted octanol–water partition coefficient (Wildman–Crippen LogP) is 1.22. The number of benzene rings is 1. The third-order valence-corrected chi connectivity index (χ3v) is 7.21. The molecule has 2 aromatic rings. The lowest BCUT2D eigenvalue weighted by atomic mass is 10.3. The third kappa shape index (κ3) is 2.37. The minimum absolute atomic E-state index is 0.0796. The molecule has 4 rings (SSSR count). The zero-order chi connectivity index (χ0) is 16.2. The third-order valence-electron chi connectivity index (χ3n) is 4.60. The smallest absolute Gasteiger partial charge is 0.243 e. The minimum atomic E-state index is -3.49. The van der Waals surface area contributed by atoms with Gasteiger partial charge in [0.15, 0.2) is 0 Å². The molecule has 1 amide bonds. The number of piperidine rings is 1. The summed E-state index contributed by atoms with van der Waals surface area (Å²) < 4.78 is 27.9. The van der Waals surface area contributed by atoms with Crippen molar-refractivity contribution in [2.24, 2.45) is 11.8 Å². The lowest BCUT2D eigenvalue weighted by Gasteiger charge is -2.19. The second-order valence-electron chi connectivity index (χ2n) is 5.87. The topological polar surface area (TPSA) is 79.4 Å². The van der Waals surface area contributed by atoms with E-state index in [9.17, 15) is 13.2 Å². The van der Waals surface area contributed by atoms with Crippen molar-refractivity contribution in [3.05, 3.63) is 36.4 Å². The second kappa shape index (κ2) is 5.12. The van der Waals surface area contributed by atoms with Gasteiger partial charge in [-0.3, -0.25) is 4.79 Å². The molecule has 6 nitrogen and oxygen atoms in total. The molecule has 1 N–H and O–H groups in total. The summed E-state index contributed by atoms with van der Waals surface area (Å²) in [6.45, 7) is 4.34. The highest BCUT2D eigenvalue weighted by Gasteiger charge is 2.58. The number of carbonyl (C=O) groups is 1. The zero-order valence-electron chi connectivity index (χ0n) is 12.2. The van der Waals surface area contributed by atoms with E-state index in [0.29, 0.717) is 18.0 Å². The molecule has 2 aliphatic rings. The monoisotopic (exact) mass is 349 g/mol. The van der Waals surface area contributed by atoms with Gasteiger partial charge in [0.05, 0.1) is 20.6 Å². The number of rotatable bonds is 4. The molecule has 0 radical (unpaired) electrons. The van der Waals surface area contributed by atoms with Crippen molar-refractivity contribution in [2.45, 2.75) is 10.9 Å². The fraction of sp³-hybridized carbons (Fsp3) is 0.333. The van der Waals surface area contributed by atoms with Crippen LogP contribution in [0.4, 0.5) is 0 Å². The molecule has 1 aromatic heterocycles. The van der Waals surface area contributed by atoms with Crippen LogP contribution in [0.25, 0.3) is 10.2 Å². The molecule has 2 heterocycles. The summed E-state index contributed by atoms with van der Waals surface area (Å²) in [6.07, 6.45) is 1.24. The summed E-state index contributed by atoms with van der Waals surface area (Å²) in [5.41, 5.74) is 2.52. The van der Waals surface area contributed by atoms with Crippen molar-refractivity contribution in [1.29, 1.82) is 0 Å². The standard InChI is InChI=1S/C15H15N3O3S2/c1-2-14(19)17-15-10-6-18(7-11(10)15)23(20,21)9-3-4-12-13(5-9)22-8-16-12/h2-5,8,10-11,15H,1,6-7H2,(H,17,19). The quantitative estimate of drug-likeness (QED) is 0.842. The maximum Gasteiger partial charge on any atom is 0.243 e. The molecule has 2 unspecified atom stereocenters. The van der Waals surface area contributed by atoms with Crippen molar-refractivity contribution >= 4 is 37.5 Å². The molecule has 1 aromatic carbocycles. The normalized spacial score (nSPS) is 26.9. The summed E-state index contributed by atoms with van der Waals surface area (Å²) in [4.78, 5) is 15.8. The molecular weight excluding hydrogens is 334 g/mol. The van der Waals surface area contributed by atoms with Crippen molar-refractivity contribution < 1.29 is 13.2 Å². The van der Waals surface area contributed by atoms with Crippen molar-refractivity contribution in [3.63, 3.8) is 0 Å². The Morgan fingerprint density at radius 2 is 2.13 bits per heavy atom. The molecule has 0 bridgehead atoms. The van der Waals surface area contributed by atoms with Gasteiger partial charge in [0.25, 0.3) is 0 Å². The first kappa shape index (κ1) is 14.8. The van der Waals surface area contributed by atoms with Gasteiger partial charge in [-0.2, -0.15) is 4.31 Å². The molecule has 1 aliphatic carbocycles. The molecule has 2 atom stereocenters. The Hall–Kier alpha value is -1.77. The molecule has 1 saturated heterocycles. The van der Waals surface area contributed by atoms with E-state index in [1.807, 2.05) is 0 Å². The highest BCUT2D eigenvalue weighted by atomic mass is 32.2. The number of hydrogen-bond donors (Lipinski definition) is 1. The average Bonchev–Trinajstić information content (AvgIpc) is 2.96. The van der Waals surface area contributed by atoms with E-state index in [4.69, 9.17) is 0 Å². The second-order valence-corrected chi connectivity index (χ2v) is 8.69. The first-order valence-electron chi connectivity index (χ1n) is 7.27. The van der Waals surface area contributed by atoms with E-state index in [1.54, 1.807) is 23.7 Å². The summed E-state index contributed by atoms with van der Waals surface area (Å²) in [5.74, 6) is 0.219. The first-order valence-corrected chi connectivity index (χ1v) is 9.59. The van der Waals surface area contributed by atoms with Crippen LogP contribution in [0.15, 0.2) is 41.3 Å². The van der Waals surface area contributed by atoms with Gasteiger partial charge in [-0.25, -0.2) is 13.4 Å². The van der Waals surface area contributed by atoms with Gasteiger partial charge < -0.3 is 5.32 Å². The van der Waals surface area contributed by atoms with E-state index < -0.39 is 10.0 Å². The Balaban J connectivity index is 1.51. The van der Waals surface area contributed by atoms with Crippen LogP contribution in [-0.4, -0.2) is 42.7 Å². The van der Waals surface area contributed by atoms with Crippen molar-refractivity contribution in [1.82, 2.24) is 14.6 Å². The molecule has 0 spiro atoms. The Bertz CT molecular complexity index is 894. The van der Waals surface area contributed by atoms with Crippen LogP contribution in [-0.2, 0) is 14.8 Å². The van der Waals surface area contributed by atoms with E-state index >= 15 is 0 Å². The predicted molar refractivity (Wildman–Crippen MR) is 87.5 cm³/mol. The Morgan fingerprint density at radius 1 is 1.39 bits per heavy atom. The van der Waals surface area contributed by atoms with Gasteiger partial charge in [0.1, 0.15) is 0 Å². The molecule has 23 heavy (non-hydrogen) atoms. The zero-order valence-corrected chi connectivity index (χ0v) is 13.8. The van der Waals surface area contributed by atoms with Crippen molar-refractivity contribution in [2.75, 3.05) is 13.1 Å². The summed E-state index contributed by atoms with van der Waals surface area (Å²) >= 11 is 1.43. The molecule has 1 saturated carbocycles. The van der Waals surface area contributed by atoms with Gasteiger partial charge >= 0.3 is 0 Å². The van der Waals surface area contributed by atoms with Crippen LogP contribution < -0.4 is 5.32 Å². The highest BCUT2D eigenvalue weighted by Crippen LogP contribution is 2.47. The summed E-state index contributed by atoms with van der Waals surface area (Å²) in [5, 5.41) is 2.85. The van der Waals surface area contributed by atoms with Gasteiger partial charge in [-0.15, -0.1) is 11.3 Å². The minimum Gasteiger partial charge on any atom is -0.349 e. The fourth-order valence-corrected chi connectivity index (χ4v) is 5.60. The van der Waals surface area contributed by atoms with E-state index in [-0.39, 0.29) is 23.8 Å². The maximum atomic E-state index is 12.8. The number of fused-ring (bicyclic) bond motifs is 2. The van der Waals surface area contributed by atoms with Gasteiger partial charge in [0, 0.05) is 19.1 Å². The number of thiazole rings is 1. The number of aromatic nitrogens is 1. The Morgan fingerprint density at radius 3 is 2.83 bits per heavy atom. The number of hydrogen-bond acceptors (Lipinski definition) is 5. The number of nitrogens with zero attached hydrogens (tertiary/aromatic N) is 2. The highest BCUT2D eigenvalue weighted by molar-refractivity contribution is 7.89. The largest absolute Gasteiger partial charge is 0.349 e. The van der Waals surface area contributed by atoms with Crippen LogP contribution >= 0.6 is 11.3 Å². The van der Waals surface area contributed by atoms with E-state index in [1.165, 1.54) is 21.7 Å². The van der Waals surface area contributed by atoms with Gasteiger partial charge in [-0.1, -0.05) is 6.58 Å². The maximum absolute atomic E-state index is 12.8. The van der Waals surface area contributed by atoms with Gasteiger partial charge in [0.2, 0.25) is 15.9 Å². The lowest BCUT2D eigenvalue weighted by Crippen LogP contribution is -2.36. The van der Waals surface area contributed by atoms with Crippen LogP contribution in [0.5, 0.6) is 0 Å². The van der Waals surface area contributed by atoms with Gasteiger partial charge in [-0.05, 0) is 36.1 Å². The summed E-state index contributed by atoms with van der Waals surface area (Å²) in [6, 6.07) is 5.11. The molecule has 2 fully saturated rings. The molecule has 8 heteroatoms. The fourth-order valence-electron chi connectivity index (χ4n) is 3.27. The van der Waals surface area contributed by atoms with E-state index in [0.717, 1.165) is 10.2 Å². The van der Waals surface area contributed by atoms with Crippen LogP contribution in [0.1, 0.15) is 0 Å². The number of sulfonamides is 1. The lowest BCUT2D eigenvalue weighted by molar-refractivity contribution is -0.116. The molecular formula is C15H15N3O3S2. The number of nitrogens with one attached hydrogen (secondary N) is 1. The van der Waals surface area contributed by atoms with Crippen LogP contribution in [0, 0.1) is 11.8 Å². The van der Waals surface area contributed by atoms with Crippen molar-refractivity contribution in [3.8, 4) is 0 Å². The first-order chi connectivity index (χ1) is 11.0. The summed E-state index contributed by atoms with van der Waals surface area (Å²) in [7, 11) is -3.49. The van der Waals surface area contributed by atoms with Crippen LogP contribution in [0.3, 0.4) is 0 Å². The van der Waals surface area contributed by atoms with E-state index in [2.05, 4.69) is 16.9 Å². The molecule has 120 valence electrons. The average molecular weight is 349 g/mol. The number of carbonyl (C=O) groups excluding carboxylic acids is 1. The molecule has 1 aliphatic heterocycles. The number of amides is 1. The Labute approximate surface area is 137 Å². The Kier molecular flexibility index (Phi) is 3.29. The van der Waals surface area contributed by atoms with Crippen LogP contribution in [0.2, 0.25) is 0 Å². The SMILES string of the molecule is C=CC(=O)NC1C2CN(S(=O)(=O)c3ccc4ncsc4c3)CC21.